The highest BCUT2D eigenvalue weighted by atomic mass is 19.4. The van der Waals surface area contributed by atoms with E-state index in [1.54, 1.807) is 24.3 Å². The molecule has 0 amide bonds. The van der Waals surface area contributed by atoms with Gasteiger partial charge in [-0.05, 0) is 40.8 Å². The van der Waals surface area contributed by atoms with Crippen LogP contribution in [-0.4, -0.2) is 43.9 Å². The van der Waals surface area contributed by atoms with Crippen LogP contribution in [0, 0.1) is 0 Å². The molecule has 134 valence electrons. The van der Waals surface area contributed by atoms with Crippen molar-refractivity contribution in [1.82, 2.24) is 25.2 Å². The topological polar surface area (TPSA) is 92.0 Å². The van der Waals surface area contributed by atoms with E-state index in [4.69, 9.17) is 4.74 Å². The summed E-state index contributed by atoms with van der Waals surface area (Å²) in [5, 5.41) is 10.7. The molecule has 0 saturated heterocycles. The van der Waals surface area contributed by atoms with Crippen molar-refractivity contribution < 1.29 is 27.4 Å². The smallest absolute Gasteiger partial charge is 0.422 e. The number of esters is 1. The van der Waals surface area contributed by atoms with Crippen LogP contribution in [0.25, 0.3) is 5.69 Å². The summed E-state index contributed by atoms with van der Waals surface area (Å²) in [6.45, 7) is -1.46. The van der Waals surface area contributed by atoms with Gasteiger partial charge in [-0.1, -0.05) is 0 Å². The lowest BCUT2D eigenvalue weighted by molar-refractivity contribution is -0.154. The molecule has 0 aliphatic heterocycles. The van der Waals surface area contributed by atoms with E-state index in [1.807, 2.05) is 0 Å². The van der Waals surface area contributed by atoms with E-state index in [1.165, 1.54) is 17.1 Å². The van der Waals surface area contributed by atoms with Crippen LogP contribution < -0.4 is 9.47 Å². The summed E-state index contributed by atoms with van der Waals surface area (Å²) in [6.07, 6.45) is -1.98. The monoisotopic (exact) mass is 365 g/mol. The van der Waals surface area contributed by atoms with Crippen molar-refractivity contribution in [3.05, 3.63) is 54.5 Å². The molecular formula is C15H10F3N5O3. The lowest BCUT2D eigenvalue weighted by Crippen LogP contribution is -2.19. The molecule has 0 fully saturated rings. The van der Waals surface area contributed by atoms with Gasteiger partial charge in [0.25, 0.3) is 0 Å². The van der Waals surface area contributed by atoms with Crippen LogP contribution in [0.5, 0.6) is 11.6 Å². The van der Waals surface area contributed by atoms with Gasteiger partial charge in [-0.2, -0.15) is 13.2 Å². The van der Waals surface area contributed by atoms with E-state index < -0.39 is 18.8 Å². The molecule has 2 heterocycles. The van der Waals surface area contributed by atoms with E-state index in [9.17, 15) is 18.0 Å². The van der Waals surface area contributed by atoms with Crippen LogP contribution in [-0.2, 0) is 0 Å². The fourth-order valence-corrected chi connectivity index (χ4v) is 1.85. The first-order valence-electron chi connectivity index (χ1n) is 7.12. The molecule has 0 bridgehead atoms. The maximum Gasteiger partial charge on any atom is 0.422 e. The van der Waals surface area contributed by atoms with Crippen molar-refractivity contribution in [3.63, 3.8) is 0 Å². The highest BCUT2D eigenvalue weighted by Crippen LogP contribution is 2.18. The zero-order valence-electron chi connectivity index (χ0n) is 12.9. The average Bonchev–Trinajstić information content (AvgIpc) is 3.15. The lowest BCUT2D eigenvalue weighted by atomic mass is 10.3. The highest BCUT2D eigenvalue weighted by molar-refractivity contribution is 5.90. The normalized spacial score (nSPS) is 11.2. The van der Waals surface area contributed by atoms with Crippen molar-refractivity contribution >= 4 is 5.97 Å². The fourth-order valence-electron chi connectivity index (χ4n) is 1.85. The quantitative estimate of drug-likeness (QED) is 0.506. The molecule has 26 heavy (non-hydrogen) atoms. The second-order valence-corrected chi connectivity index (χ2v) is 4.93. The summed E-state index contributed by atoms with van der Waals surface area (Å²) in [7, 11) is 0. The first kappa shape index (κ1) is 17.3. The van der Waals surface area contributed by atoms with Crippen molar-refractivity contribution in [2.24, 2.45) is 0 Å². The first-order chi connectivity index (χ1) is 12.4. The van der Waals surface area contributed by atoms with Crippen LogP contribution in [0.1, 0.15) is 10.4 Å². The minimum absolute atomic E-state index is 0.0638. The Bertz CT molecular complexity index is 865. The van der Waals surface area contributed by atoms with Crippen molar-refractivity contribution in [1.29, 1.82) is 0 Å². The molecule has 11 heteroatoms. The number of pyridine rings is 1. The minimum Gasteiger partial charge on any atom is -0.468 e. The standard InChI is InChI=1S/C15H10F3N5O3/c16-15(17,18)8-25-13-6-1-10(7-19-13)14(24)26-12-4-2-11(3-5-12)23-9-20-21-22-23/h1-7,9H,8H2. The third-order valence-corrected chi connectivity index (χ3v) is 3.02. The Hall–Kier alpha value is -3.50. The molecule has 0 N–H and O–H groups in total. The fraction of sp³-hybridized carbons (Fsp3) is 0.133. The number of hydrogen-bond donors (Lipinski definition) is 0. The maximum absolute atomic E-state index is 12.1. The number of alkyl halides is 3. The Morgan fingerprint density at radius 1 is 1.12 bits per heavy atom. The summed E-state index contributed by atoms with van der Waals surface area (Å²) in [5.74, 6) is -0.691. The second kappa shape index (κ2) is 7.17. The van der Waals surface area contributed by atoms with Crippen LogP contribution in [0.15, 0.2) is 48.9 Å². The predicted octanol–water partition coefficient (Wildman–Crippen LogP) is 2.22. The molecule has 0 unspecified atom stereocenters. The Labute approximate surface area is 144 Å². The van der Waals surface area contributed by atoms with Gasteiger partial charge in [0.05, 0.1) is 11.3 Å². The number of tetrazole rings is 1. The maximum atomic E-state index is 12.1. The van der Waals surface area contributed by atoms with Gasteiger partial charge in [-0.3, -0.25) is 0 Å². The number of carbonyl (C=O) groups is 1. The molecule has 0 radical (unpaired) electrons. The molecule has 0 atom stereocenters. The zero-order valence-corrected chi connectivity index (χ0v) is 12.9. The second-order valence-electron chi connectivity index (χ2n) is 4.93. The number of benzene rings is 1. The summed E-state index contributed by atoms with van der Waals surface area (Å²) >= 11 is 0. The van der Waals surface area contributed by atoms with Gasteiger partial charge in [-0.15, -0.1) is 5.10 Å². The van der Waals surface area contributed by atoms with Gasteiger partial charge < -0.3 is 9.47 Å². The average molecular weight is 365 g/mol. The highest BCUT2D eigenvalue weighted by Gasteiger charge is 2.28. The van der Waals surface area contributed by atoms with Gasteiger partial charge in [0.1, 0.15) is 12.1 Å². The summed E-state index contributed by atoms with van der Waals surface area (Å²) in [5.41, 5.74) is 0.733. The number of rotatable bonds is 5. The van der Waals surface area contributed by atoms with E-state index >= 15 is 0 Å². The molecule has 0 spiro atoms. The van der Waals surface area contributed by atoms with E-state index in [0.29, 0.717) is 5.69 Å². The number of halogens is 3. The van der Waals surface area contributed by atoms with Gasteiger partial charge in [0.15, 0.2) is 6.61 Å². The molecule has 3 aromatic rings. The Balaban J connectivity index is 1.61. The zero-order chi connectivity index (χ0) is 18.6. The molecule has 0 aliphatic carbocycles. The van der Waals surface area contributed by atoms with E-state index in [2.05, 4.69) is 25.2 Å². The van der Waals surface area contributed by atoms with Crippen molar-refractivity contribution in [2.75, 3.05) is 6.61 Å². The molecule has 3 rings (SSSR count). The van der Waals surface area contributed by atoms with Crippen LogP contribution in [0.4, 0.5) is 13.2 Å². The van der Waals surface area contributed by atoms with E-state index in [-0.39, 0.29) is 17.2 Å². The molecule has 0 saturated carbocycles. The van der Waals surface area contributed by atoms with Gasteiger partial charge in [0.2, 0.25) is 5.88 Å². The summed E-state index contributed by atoms with van der Waals surface area (Å²) < 4.78 is 47.3. The Morgan fingerprint density at radius 2 is 1.88 bits per heavy atom. The lowest BCUT2D eigenvalue weighted by Gasteiger charge is -2.09. The number of carbonyl (C=O) groups excluding carboxylic acids is 1. The van der Waals surface area contributed by atoms with Gasteiger partial charge in [0, 0.05) is 12.3 Å². The molecule has 1 aromatic carbocycles. The third kappa shape index (κ3) is 4.53. The van der Waals surface area contributed by atoms with E-state index in [0.717, 1.165) is 12.3 Å². The SMILES string of the molecule is O=C(Oc1ccc(-n2cnnn2)cc1)c1ccc(OCC(F)(F)F)nc1. The van der Waals surface area contributed by atoms with Crippen molar-refractivity contribution in [2.45, 2.75) is 6.18 Å². The Morgan fingerprint density at radius 3 is 2.46 bits per heavy atom. The van der Waals surface area contributed by atoms with Crippen LogP contribution in [0.3, 0.4) is 0 Å². The number of hydrogen-bond acceptors (Lipinski definition) is 7. The molecule has 2 aromatic heterocycles. The van der Waals surface area contributed by atoms with Crippen LogP contribution in [0.2, 0.25) is 0 Å². The van der Waals surface area contributed by atoms with Crippen molar-refractivity contribution in [3.8, 4) is 17.3 Å². The molecule has 0 aliphatic rings. The largest absolute Gasteiger partial charge is 0.468 e. The number of aromatic nitrogens is 5. The molecular weight excluding hydrogens is 355 g/mol. The van der Waals surface area contributed by atoms with Crippen LogP contribution >= 0.6 is 0 Å². The number of nitrogens with zero attached hydrogens (tertiary/aromatic N) is 5. The van der Waals surface area contributed by atoms with Gasteiger partial charge >= 0.3 is 12.1 Å². The summed E-state index contributed by atoms with van der Waals surface area (Å²) in [4.78, 5) is 15.7. The summed E-state index contributed by atoms with van der Waals surface area (Å²) in [6, 6.07) is 8.79. The number of ether oxygens (including phenoxy) is 2. The first-order valence-corrected chi connectivity index (χ1v) is 7.12. The molecule has 8 nitrogen and oxygen atoms in total. The minimum atomic E-state index is -4.46. The Kier molecular flexibility index (Phi) is 4.78. The third-order valence-electron chi connectivity index (χ3n) is 3.02. The predicted molar refractivity (Wildman–Crippen MR) is 79.9 cm³/mol. The van der Waals surface area contributed by atoms with Gasteiger partial charge in [-0.25, -0.2) is 14.5 Å².